The fourth-order valence-electron chi connectivity index (χ4n) is 1.14. The highest BCUT2D eigenvalue weighted by Gasteiger charge is 2.09. The van der Waals surface area contributed by atoms with Crippen LogP contribution in [0.25, 0.3) is 0 Å². The van der Waals surface area contributed by atoms with Crippen LogP contribution in [0.5, 0.6) is 0 Å². The Balaban J connectivity index is 2.61. The van der Waals surface area contributed by atoms with Crippen LogP contribution >= 0.6 is 0 Å². The second-order valence-electron chi connectivity index (χ2n) is 2.93. The van der Waals surface area contributed by atoms with Gasteiger partial charge >= 0.3 is 0 Å². The number of amides is 1. The summed E-state index contributed by atoms with van der Waals surface area (Å²) in [4.78, 5) is 11.5. The van der Waals surface area contributed by atoms with Crippen molar-refractivity contribution < 1.29 is 4.79 Å². The summed E-state index contributed by atoms with van der Waals surface area (Å²) >= 11 is 0. The molecule has 1 amide bonds. The Hall–Kier alpha value is -1.96. The predicted octanol–water partition coefficient (Wildman–Crippen LogP) is 0.251. The molecule has 0 aliphatic rings. The van der Waals surface area contributed by atoms with Gasteiger partial charge in [-0.05, 0) is 6.07 Å². The first-order valence-electron chi connectivity index (χ1n) is 4.22. The maximum absolute atomic E-state index is 11.5. The Morgan fingerprint density at radius 2 is 2.50 bits per heavy atom. The largest absolute Gasteiger partial charge is 0.397 e. The van der Waals surface area contributed by atoms with Gasteiger partial charge in [-0.3, -0.25) is 4.79 Å². The highest BCUT2D eigenvalue weighted by atomic mass is 16.2. The molecule has 0 bridgehead atoms. The summed E-state index contributed by atoms with van der Waals surface area (Å²) in [7, 11) is 1.75. The number of aryl methyl sites for hydroxylation is 1. The minimum Gasteiger partial charge on any atom is -0.397 e. The quantitative estimate of drug-likeness (QED) is 0.533. The van der Waals surface area contributed by atoms with Crippen molar-refractivity contribution in [2.75, 3.05) is 12.3 Å². The minimum absolute atomic E-state index is 0.209. The van der Waals surface area contributed by atoms with Crippen LogP contribution in [0.2, 0.25) is 0 Å². The molecule has 0 spiro atoms. The molecule has 0 aromatic carbocycles. The van der Waals surface area contributed by atoms with Gasteiger partial charge in [0, 0.05) is 19.8 Å². The number of carbonyl (C=O) groups excluding carboxylic acids is 1. The fraction of sp³-hybridized carbons (Fsp3) is 0.333. The summed E-state index contributed by atoms with van der Waals surface area (Å²) in [5, 5.41) is 10.9. The fourth-order valence-corrected chi connectivity index (χ4v) is 1.14. The Morgan fingerprint density at radius 1 is 1.79 bits per heavy atom. The molecule has 0 aliphatic heterocycles. The van der Waals surface area contributed by atoms with Gasteiger partial charge in [0.1, 0.15) is 5.69 Å². The number of nitrogens with one attached hydrogen (secondary N) is 1. The number of hydrogen-bond donors (Lipinski definition) is 2. The lowest BCUT2D eigenvalue weighted by Crippen LogP contribution is -2.25. The van der Waals surface area contributed by atoms with E-state index in [1.165, 1.54) is 0 Å². The molecular weight excluding hydrogens is 181 g/mol. The monoisotopic (exact) mass is 193 g/mol. The van der Waals surface area contributed by atoms with Gasteiger partial charge in [-0.2, -0.15) is 5.26 Å². The summed E-state index contributed by atoms with van der Waals surface area (Å²) in [5.74, 6) is -0.209. The van der Waals surface area contributed by atoms with Crippen LogP contribution < -0.4 is 11.1 Å². The van der Waals surface area contributed by atoms with Gasteiger partial charge in [0.2, 0.25) is 0 Å². The van der Waals surface area contributed by atoms with Crippen molar-refractivity contribution in [3.8, 4) is 6.07 Å². The summed E-state index contributed by atoms with van der Waals surface area (Å²) in [6.45, 7) is 0.362. The van der Waals surface area contributed by atoms with Crippen LogP contribution in [0.3, 0.4) is 0 Å². The van der Waals surface area contributed by atoms with Gasteiger partial charge in [-0.1, -0.05) is 0 Å². The van der Waals surface area contributed by atoms with E-state index in [0.717, 1.165) is 0 Å². The maximum atomic E-state index is 11.5. The minimum atomic E-state index is -0.209. The van der Waals surface area contributed by atoms with Gasteiger partial charge in [-0.25, -0.2) is 0 Å². The summed E-state index contributed by atoms with van der Waals surface area (Å²) in [6.07, 6.45) is 1.98. The molecule has 1 aromatic rings. The third kappa shape index (κ3) is 2.26. The molecule has 1 rings (SSSR count). The molecule has 1 aromatic heterocycles. The molecule has 0 unspecified atom stereocenters. The molecule has 3 N–H and O–H groups in total. The van der Waals surface area contributed by atoms with E-state index >= 15 is 0 Å². The molecule has 0 saturated heterocycles. The maximum Gasteiger partial charge on any atom is 0.268 e. The first-order valence-corrected chi connectivity index (χ1v) is 4.22. The second-order valence-corrected chi connectivity index (χ2v) is 2.93. The van der Waals surface area contributed by atoms with E-state index in [1.54, 1.807) is 23.9 Å². The van der Waals surface area contributed by atoms with E-state index in [4.69, 9.17) is 11.0 Å². The first kappa shape index (κ1) is 10.1. The Bertz CT molecular complexity index is 375. The molecule has 5 nitrogen and oxygen atoms in total. The highest BCUT2D eigenvalue weighted by Crippen LogP contribution is 2.07. The number of nitrogens with zero attached hydrogens (tertiary/aromatic N) is 2. The van der Waals surface area contributed by atoms with Crippen molar-refractivity contribution in [3.05, 3.63) is 18.0 Å². The number of aromatic nitrogens is 1. The predicted molar refractivity (Wildman–Crippen MR) is 52.4 cm³/mol. The van der Waals surface area contributed by atoms with Gasteiger partial charge in [0.15, 0.2) is 0 Å². The average molecular weight is 193 g/mol. The van der Waals surface area contributed by atoms with E-state index in [1.807, 2.05) is 6.07 Å². The van der Waals surface area contributed by atoms with E-state index in [2.05, 4.69) is 5.32 Å². The van der Waals surface area contributed by atoms with Crippen molar-refractivity contribution >= 4 is 11.6 Å². The molecule has 0 aliphatic carbocycles. The summed E-state index contributed by atoms with van der Waals surface area (Å²) in [5.41, 5.74) is 6.57. The number of anilines is 1. The van der Waals surface area contributed by atoms with Gasteiger partial charge in [0.05, 0.1) is 18.2 Å². The Labute approximate surface area is 82.1 Å². The van der Waals surface area contributed by atoms with Crippen molar-refractivity contribution in [3.63, 3.8) is 0 Å². The number of nitrogen functional groups attached to an aromatic ring is 1. The van der Waals surface area contributed by atoms with Gasteiger partial charge < -0.3 is 15.6 Å². The first-order chi connectivity index (χ1) is 6.65. The molecule has 1 heterocycles. The van der Waals surface area contributed by atoms with Crippen LogP contribution in [0.4, 0.5) is 5.69 Å². The topological polar surface area (TPSA) is 83.8 Å². The van der Waals surface area contributed by atoms with Crippen LogP contribution in [0, 0.1) is 11.3 Å². The van der Waals surface area contributed by atoms with Crippen LogP contribution in [0.1, 0.15) is 16.9 Å². The number of carbonyl (C=O) groups is 1. The lowest BCUT2D eigenvalue weighted by Gasteiger charge is -2.02. The van der Waals surface area contributed by atoms with E-state index < -0.39 is 0 Å². The number of nitriles is 1. The molecule has 74 valence electrons. The second kappa shape index (κ2) is 4.33. The van der Waals surface area contributed by atoms with Crippen LogP contribution in [0.15, 0.2) is 12.3 Å². The third-order valence-corrected chi connectivity index (χ3v) is 1.78. The average Bonchev–Trinajstić information content (AvgIpc) is 2.45. The van der Waals surface area contributed by atoms with Crippen molar-refractivity contribution in [2.45, 2.75) is 6.42 Å². The summed E-state index contributed by atoms with van der Waals surface area (Å²) < 4.78 is 1.65. The Morgan fingerprint density at radius 3 is 3.00 bits per heavy atom. The molecule has 0 radical (unpaired) electrons. The Kier molecular flexibility index (Phi) is 3.13. The SMILES string of the molecule is Cn1cc(N)cc1C(=O)[15NH]CCC#N. The number of rotatable bonds is 3. The van der Waals surface area contributed by atoms with Crippen molar-refractivity contribution in [1.29, 1.82) is 5.26 Å². The molecule has 0 fully saturated rings. The van der Waals surface area contributed by atoms with Gasteiger partial charge in [0.25, 0.3) is 5.91 Å². The zero-order valence-corrected chi connectivity index (χ0v) is 7.95. The van der Waals surface area contributed by atoms with Crippen molar-refractivity contribution in [2.24, 2.45) is 7.05 Å². The van der Waals surface area contributed by atoms with E-state index in [-0.39, 0.29) is 5.91 Å². The van der Waals surface area contributed by atoms with Crippen LogP contribution in [-0.4, -0.2) is 17.0 Å². The number of nitrogens with two attached hydrogens (primary N) is 1. The normalized spacial score (nSPS) is 9.43. The molecule has 14 heavy (non-hydrogen) atoms. The molecule has 0 saturated carbocycles. The number of hydrogen-bond acceptors (Lipinski definition) is 3. The smallest absolute Gasteiger partial charge is 0.268 e. The van der Waals surface area contributed by atoms with Crippen molar-refractivity contribution in [1.82, 2.24) is 9.88 Å². The van der Waals surface area contributed by atoms with Crippen LogP contribution in [-0.2, 0) is 7.05 Å². The van der Waals surface area contributed by atoms with E-state index in [0.29, 0.717) is 24.3 Å². The molecule has 0 atom stereocenters. The summed E-state index contributed by atoms with van der Waals surface area (Å²) in [6, 6.07) is 3.55. The van der Waals surface area contributed by atoms with E-state index in [9.17, 15) is 4.79 Å². The third-order valence-electron chi connectivity index (χ3n) is 1.78. The zero-order valence-electron chi connectivity index (χ0n) is 7.95. The highest BCUT2D eigenvalue weighted by molar-refractivity contribution is 5.93. The van der Waals surface area contributed by atoms with Gasteiger partial charge in [-0.15, -0.1) is 0 Å². The zero-order chi connectivity index (χ0) is 10.6. The molecule has 5 heteroatoms. The molecular formula is C9H12N4O. The lowest BCUT2D eigenvalue weighted by molar-refractivity contribution is 0.0946. The lowest BCUT2D eigenvalue weighted by atomic mass is 10.4. The standard InChI is InChI=1S/C9H12N4O/c1-13-6-7(11)5-8(13)9(14)12-4-2-3-10/h5-6H,2,4,11H2,1H3,(H,12,14)/i12+1.